The first-order chi connectivity index (χ1) is 33.2. The highest BCUT2D eigenvalue weighted by Gasteiger charge is 2.16. The molecule has 0 radical (unpaired) electrons. The number of halogens is 2. The average Bonchev–Trinajstić information content (AvgIpc) is 3.37. The van der Waals surface area contributed by atoms with Crippen molar-refractivity contribution in [2.75, 3.05) is 0 Å². The van der Waals surface area contributed by atoms with Crippen LogP contribution in [0.25, 0.3) is 21.5 Å². The van der Waals surface area contributed by atoms with Crippen LogP contribution in [0.1, 0.15) is 47.8 Å². The Kier molecular flexibility index (Phi) is 12.2. The lowest BCUT2D eigenvalue weighted by molar-refractivity contribution is 0.103. The molecule has 68 heavy (non-hydrogen) atoms. The molecule has 0 aromatic heterocycles. The largest absolute Gasteiger partial charge is 0.457 e. The Labute approximate surface area is 401 Å². The third-order valence-corrected chi connectivity index (χ3v) is 11.7. The number of rotatable bonds is 14. The lowest BCUT2D eigenvalue weighted by Crippen LogP contribution is -2.01. The Morgan fingerprint density at radius 3 is 0.868 bits per heavy atom. The Morgan fingerprint density at radius 2 is 0.544 bits per heavy atom. The fraction of sp³-hybridized carbons (Fsp3) is 0. The second-order valence-corrected chi connectivity index (χ2v) is 16.7. The number of ether oxygens (including phenoxy) is 4. The molecular weight excluding hydrogens is 892 g/mol. The van der Waals surface area contributed by atoms with Crippen molar-refractivity contribution in [3.63, 3.8) is 0 Å². The van der Waals surface area contributed by atoms with Crippen LogP contribution in [0, 0.1) is 0 Å². The van der Waals surface area contributed by atoms with Crippen molar-refractivity contribution in [2.45, 2.75) is 0 Å². The number of hydrogen-bond acceptors (Lipinski definition) is 7. The molecular formula is C59H36Cl2O7. The third kappa shape index (κ3) is 9.86. The van der Waals surface area contributed by atoms with E-state index >= 15 is 0 Å². The van der Waals surface area contributed by atoms with E-state index in [4.69, 9.17) is 42.1 Å². The molecule has 0 aliphatic carbocycles. The Bertz CT molecular complexity index is 3480. The minimum atomic E-state index is -0.156. The van der Waals surface area contributed by atoms with Crippen LogP contribution < -0.4 is 18.9 Å². The molecule has 0 saturated carbocycles. The zero-order valence-corrected chi connectivity index (χ0v) is 37.4. The number of carbonyl (C=O) groups is 3. The first-order valence-corrected chi connectivity index (χ1v) is 22.3. The van der Waals surface area contributed by atoms with E-state index in [1.165, 1.54) is 0 Å². The Morgan fingerprint density at radius 1 is 0.265 bits per heavy atom. The summed E-state index contributed by atoms with van der Waals surface area (Å²) in [4.78, 5) is 39.5. The summed E-state index contributed by atoms with van der Waals surface area (Å²) in [7, 11) is 0. The highest BCUT2D eigenvalue weighted by Crippen LogP contribution is 2.39. The van der Waals surface area contributed by atoms with Crippen molar-refractivity contribution in [2.24, 2.45) is 0 Å². The van der Waals surface area contributed by atoms with Gasteiger partial charge in [0.2, 0.25) is 0 Å². The third-order valence-electron chi connectivity index (χ3n) is 11.2. The molecule has 0 aliphatic rings. The molecule has 0 unspecified atom stereocenters. The molecule has 10 aromatic rings. The topological polar surface area (TPSA) is 88.1 Å². The molecule has 0 atom stereocenters. The molecule has 10 rings (SSSR count). The van der Waals surface area contributed by atoms with E-state index in [2.05, 4.69) is 0 Å². The van der Waals surface area contributed by atoms with Crippen LogP contribution in [-0.4, -0.2) is 17.3 Å². The summed E-state index contributed by atoms with van der Waals surface area (Å²) in [5.41, 5.74) is 3.15. The van der Waals surface area contributed by atoms with Crippen LogP contribution in [0.2, 0.25) is 10.0 Å². The SMILES string of the molecule is O=C(c1ccc(Cl)cc1)c1ccc(Oc2ccc3ccc(Oc4ccc(C(=O)c5ccc(Oc6cc7ccccc7cc6Oc6ccc(C(=O)c7ccc(Cl)cc7)cc6)cc5)cc4)cc3c2)cc1. The van der Waals surface area contributed by atoms with E-state index < -0.39 is 0 Å². The maximum atomic E-state index is 13.6. The molecule has 10 aromatic carbocycles. The average molecular weight is 928 g/mol. The number of fused-ring (bicyclic) bond motifs is 2. The number of hydrogen-bond donors (Lipinski definition) is 0. The van der Waals surface area contributed by atoms with E-state index in [-0.39, 0.29) is 17.3 Å². The van der Waals surface area contributed by atoms with Crippen molar-refractivity contribution in [1.82, 2.24) is 0 Å². The van der Waals surface area contributed by atoms with E-state index in [0.29, 0.717) is 89.4 Å². The summed E-state index contributed by atoms with van der Waals surface area (Å²) in [5, 5.41) is 4.98. The maximum Gasteiger partial charge on any atom is 0.193 e. The van der Waals surface area contributed by atoms with E-state index in [1.54, 1.807) is 146 Å². The predicted octanol–water partition coefficient (Wildman–Crippen LogP) is 16.2. The van der Waals surface area contributed by atoms with Crippen molar-refractivity contribution in [3.05, 3.63) is 262 Å². The van der Waals surface area contributed by atoms with E-state index in [0.717, 1.165) is 21.5 Å². The minimum Gasteiger partial charge on any atom is -0.457 e. The van der Waals surface area contributed by atoms with Gasteiger partial charge in [0.25, 0.3) is 0 Å². The molecule has 0 N–H and O–H groups in total. The first kappa shape index (κ1) is 43.4. The van der Waals surface area contributed by atoms with Crippen LogP contribution in [0.4, 0.5) is 0 Å². The smallest absolute Gasteiger partial charge is 0.193 e. The van der Waals surface area contributed by atoms with Gasteiger partial charge < -0.3 is 18.9 Å². The lowest BCUT2D eigenvalue weighted by Gasteiger charge is -2.14. The van der Waals surface area contributed by atoms with Gasteiger partial charge in [-0.2, -0.15) is 0 Å². The molecule has 0 aliphatic heterocycles. The molecule has 0 saturated heterocycles. The molecule has 0 spiro atoms. The molecule has 0 bridgehead atoms. The highest BCUT2D eigenvalue weighted by molar-refractivity contribution is 6.31. The van der Waals surface area contributed by atoms with Gasteiger partial charge in [0, 0.05) is 43.4 Å². The molecule has 7 nitrogen and oxygen atoms in total. The van der Waals surface area contributed by atoms with Gasteiger partial charge in [-0.25, -0.2) is 0 Å². The molecule has 9 heteroatoms. The standard InChI is InChI=1S/C59H36Cl2O7/c60-47-19-5-38(6-20-47)57(62)40-11-23-49(24-12-40)65-53-31-9-37-10-32-54(34-46(37)33-53)66-50-25-13-41(14-26-50)59(64)43-17-29-52(30-18-43)68-56-36-45-4-2-1-3-44(45)35-55(56)67-51-27-15-42(16-28-51)58(63)39-7-21-48(61)22-8-39/h1-36H. The summed E-state index contributed by atoms with van der Waals surface area (Å²) in [6.45, 7) is 0. The maximum absolute atomic E-state index is 13.6. The first-order valence-electron chi connectivity index (χ1n) is 21.5. The van der Waals surface area contributed by atoms with Gasteiger partial charge in [-0.15, -0.1) is 0 Å². The number of benzene rings is 10. The van der Waals surface area contributed by atoms with Crippen molar-refractivity contribution >= 4 is 62.1 Å². The Hall–Kier alpha value is -8.49. The van der Waals surface area contributed by atoms with Crippen LogP contribution in [-0.2, 0) is 0 Å². The monoisotopic (exact) mass is 926 g/mol. The van der Waals surface area contributed by atoms with Gasteiger partial charge in [-0.1, -0.05) is 59.6 Å². The second kappa shape index (κ2) is 19.2. The summed E-state index contributed by atoms with van der Waals surface area (Å²) >= 11 is 12.0. The Balaban J connectivity index is 0.781. The van der Waals surface area contributed by atoms with E-state index in [1.807, 2.05) is 72.8 Å². The predicted molar refractivity (Wildman–Crippen MR) is 267 cm³/mol. The summed E-state index contributed by atoms with van der Waals surface area (Å²) in [6, 6.07) is 64.8. The van der Waals surface area contributed by atoms with Crippen molar-refractivity contribution in [1.29, 1.82) is 0 Å². The normalized spacial score (nSPS) is 11.0. The number of carbonyl (C=O) groups excluding carboxylic acids is 3. The second-order valence-electron chi connectivity index (χ2n) is 15.8. The fourth-order valence-corrected chi connectivity index (χ4v) is 7.87. The summed E-state index contributed by atoms with van der Waals surface area (Å²) < 4.78 is 25.1. The number of ketones is 3. The van der Waals surface area contributed by atoms with Crippen molar-refractivity contribution in [3.8, 4) is 46.0 Å². The van der Waals surface area contributed by atoms with Gasteiger partial charge in [0.05, 0.1) is 0 Å². The van der Waals surface area contributed by atoms with Gasteiger partial charge in [-0.05, 0) is 204 Å². The van der Waals surface area contributed by atoms with Gasteiger partial charge in [-0.3, -0.25) is 14.4 Å². The summed E-state index contributed by atoms with van der Waals surface area (Å²) in [5.74, 6) is 4.04. The zero-order chi connectivity index (χ0) is 46.6. The van der Waals surface area contributed by atoms with Gasteiger partial charge in [0.1, 0.15) is 34.5 Å². The van der Waals surface area contributed by atoms with Crippen LogP contribution in [0.3, 0.4) is 0 Å². The zero-order valence-electron chi connectivity index (χ0n) is 35.9. The van der Waals surface area contributed by atoms with Crippen LogP contribution in [0.5, 0.6) is 46.0 Å². The lowest BCUT2D eigenvalue weighted by atomic mass is 10.0. The van der Waals surface area contributed by atoms with E-state index in [9.17, 15) is 14.4 Å². The van der Waals surface area contributed by atoms with Crippen molar-refractivity contribution < 1.29 is 33.3 Å². The van der Waals surface area contributed by atoms with Crippen LogP contribution >= 0.6 is 23.2 Å². The fourth-order valence-electron chi connectivity index (χ4n) is 7.61. The molecule has 0 fully saturated rings. The molecule has 328 valence electrons. The summed E-state index contributed by atoms with van der Waals surface area (Å²) in [6.07, 6.45) is 0. The molecule has 0 amide bonds. The molecule has 0 heterocycles. The quantitative estimate of drug-likeness (QED) is 0.100. The van der Waals surface area contributed by atoms with Gasteiger partial charge >= 0.3 is 0 Å². The highest BCUT2D eigenvalue weighted by atomic mass is 35.5. The van der Waals surface area contributed by atoms with Crippen LogP contribution in [0.15, 0.2) is 218 Å². The van der Waals surface area contributed by atoms with Gasteiger partial charge in [0.15, 0.2) is 28.8 Å². The minimum absolute atomic E-state index is 0.0992.